The smallest absolute Gasteiger partial charge is 0.283 e. The number of ether oxygens (including phenoxy) is 2. The SMILES string of the molecule is COc1cnc(C(=O)Cc2cc(C)c(F)c([C@@]3(C(F)F)N=C(N)O[C@@H]4C[C@@H]43)c2)cn1. The Labute approximate surface area is 170 Å². The molecule has 10 heteroatoms. The molecule has 2 N–H and O–H groups in total. The van der Waals surface area contributed by atoms with Crippen molar-refractivity contribution < 1.29 is 27.4 Å². The molecule has 4 rings (SSSR count). The summed E-state index contributed by atoms with van der Waals surface area (Å²) in [4.78, 5) is 24.4. The number of aromatic nitrogens is 2. The number of hydrogen-bond acceptors (Lipinski definition) is 7. The molecule has 158 valence electrons. The number of hydrogen-bond donors (Lipinski definition) is 1. The molecular formula is C20H19F3N4O3. The molecule has 1 saturated carbocycles. The van der Waals surface area contributed by atoms with Crippen LogP contribution in [-0.2, 0) is 16.7 Å². The second-order valence-electron chi connectivity index (χ2n) is 7.39. The lowest BCUT2D eigenvalue weighted by molar-refractivity contribution is 0.0175. The Morgan fingerprint density at radius 3 is 2.77 bits per heavy atom. The van der Waals surface area contributed by atoms with E-state index in [1.165, 1.54) is 38.6 Å². The molecule has 3 atom stereocenters. The Kier molecular flexibility index (Phi) is 4.87. The summed E-state index contributed by atoms with van der Waals surface area (Å²) in [6.45, 7) is 1.45. The van der Waals surface area contributed by atoms with E-state index in [4.69, 9.17) is 15.2 Å². The van der Waals surface area contributed by atoms with Crippen molar-refractivity contribution in [1.29, 1.82) is 0 Å². The summed E-state index contributed by atoms with van der Waals surface area (Å²) in [5, 5.41) is 0. The molecule has 0 saturated heterocycles. The Morgan fingerprint density at radius 2 is 2.13 bits per heavy atom. The number of nitrogens with two attached hydrogens (primary N) is 1. The zero-order valence-corrected chi connectivity index (χ0v) is 16.2. The minimum atomic E-state index is -3.00. The monoisotopic (exact) mass is 420 g/mol. The van der Waals surface area contributed by atoms with Crippen molar-refractivity contribution in [3.63, 3.8) is 0 Å². The van der Waals surface area contributed by atoms with Crippen molar-refractivity contribution in [2.45, 2.75) is 37.8 Å². The fourth-order valence-electron chi connectivity index (χ4n) is 3.88. The zero-order chi connectivity index (χ0) is 21.6. The predicted molar refractivity (Wildman–Crippen MR) is 100 cm³/mol. The average molecular weight is 420 g/mol. The van der Waals surface area contributed by atoms with Crippen LogP contribution in [0.3, 0.4) is 0 Å². The van der Waals surface area contributed by atoms with Crippen LogP contribution in [0.5, 0.6) is 5.88 Å². The highest BCUT2D eigenvalue weighted by Crippen LogP contribution is 2.56. The van der Waals surface area contributed by atoms with Gasteiger partial charge in [-0.15, -0.1) is 0 Å². The fraction of sp³-hybridized carbons (Fsp3) is 0.400. The van der Waals surface area contributed by atoms with Gasteiger partial charge in [-0.05, 0) is 30.5 Å². The molecule has 0 bridgehead atoms. The molecule has 2 aliphatic rings. The molecule has 0 amide bonds. The number of fused-ring (bicyclic) bond motifs is 1. The van der Waals surface area contributed by atoms with Gasteiger partial charge in [0.2, 0.25) is 5.88 Å². The van der Waals surface area contributed by atoms with E-state index in [0.29, 0.717) is 12.0 Å². The number of aryl methyl sites for hydroxylation is 1. The minimum absolute atomic E-state index is 0.0819. The van der Waals surface area contributed by atoms with Crippen molar-refractivity contribution in [2.24, 2.45) is 16.6 Å². The van der Waals surface area contributed by atoms with E-state index in [1.54, 1.807) is 0 Å². The van der Waals surface area contributed by atoms with Crippen LogP contribution in [-0.4, -0.2) is 41.4 Å². The number of methoxy groups -OCH3 is 1. The van der Waals surface area contributed by atoms with E-state index in [0.717, 1.165) is 0 Å². The lowest BCUT2D eigenvalue weighted by Crippen LogP contribution is -2.43. The topological polar surface area (TPSA) is 99.7 Å². The van der Waals surface area contributed by atoms with Crippen LogP contribution in [0.15, 0.2) is 29.5 Å². The predicted octanol–water partition coefficient (Wildman–Crippen LogP) is 2.55. The molecule has 1 aliphatic heterocycles. The Balaban J connectivity index is 1.72. The number of aliphatic imine (C=N–C) groups is 1. The molecule has 1 aliphatic carbocycles. The molecule has 7 nitrogen and oxygen atoms in total. The first-order chi connectivity index (χ1) is 14.3. The van der Waals surface area contributed by atoms with Crippen molar-refractivity contribution in [2.75, 3.05) is 7.11 Å². The number of alkyl halides is 2. The molecule has 0 unspecified atom stereocenters. The highest BCUT2D eigenvalue weighted by Gasteiger charge is 2.64. The lowest BCUT2D eigenvalue weighted by atomic mass is 9.82. The Morgan fingerprint density at radius 1 is 1.37 bits per heavy atom. The number of amidine groups is 1. The second-order valence-corrected chi connectivity index (χ2v) is 7.39. The number of ketones is 1. The normalized spacial score (nSPS) is 24.7. The van der Waals surface area contributed by atoms with Gasteiger partial charge in [-0.1, -0.05) is 6.07 Å². The molecule has 0 radical (unpaired) electrons. The summed E-state index contributed by atoms with van der Waals surface area (Å²) in [5.41, 5.74) is 3.77. The summed E-state index contributed by atoms with van der Waals surface area (Å²) >= 11 is 0. The third kappa shape index (κ3) is 3.25. The quantitative estimate of drug-likeness (QED) is 0.721. The molecule has 1 aromatic carbocycles. The molecular weight excluding hydrogens is 401 g/mol. The van der Waals surface area contributed by atoms with Gasteiger partial charge in [-0.3, -0.25) is 4.79 Å². The van der Waals surface area contributed by atoms with Crippen LogP contribution in [0.1, 0.15) is 33.6 Å². The average Bonchev–Trinajstić information content (AvgIpc) is 3.49. The van der Waals surface area contributed by atoms with Crippen LogP contribution in [0.4, 0.5) is 13.2 Å². The Bertz CT molecular complexity index is 1030. The van der Waals surface area contributed by atoms with Crippen molar-refractivity contribution in [3.8, 4) is 5.88 Å². The first kappa shape index (κ1) is 20.1. The van der Waals surface area contributed by atoms with Crippen LogP contribution in [0.25, 0.3) is 0 Å². The second kappa shape index (κ2) is 7.26. The number of halogens is 3. The standard InChI is InChI=1S/C20H19F3N4O3/c1-9-3-10(5-14(28)13-7-26-16(29-2)8-25-13)4-12(17(9)21)20(18(22)23)11-6-15(11)30-19(24)27-20/h3-4,7-8,11,15,18H,5-6H2,1-2H3,(H2,24,27)/t11-,15+,20-/m0/s1. The van der Waals surface area contributed by atoms with E-state index >= 15 is 4.39 Å². The summed E-state index contributed by atoms with van der Waals surface area (Å²) in [5.74, 6) is -1.62. The van der Waals surface area contributed by atoms with Crippen molar-refractivity contribution >= 4 is 11.8 Å². The van der Waals surface area contributed by atoms with Gasteiger partial charge in [0.05, 0.1) is 19.5 Å². The Hall–Kier alpha value is -3.17. The largest absolute Gasteiger partial charge is 0.480 e. The van der Waals surface area contributed by atoms with Gasteiger partial charge in [0.1, 0.15) is 17.6 Å². The third-order valence-corrected chi connectivity index (χ3v) is 5.43. The number of nitrogens with zero attached hydrogens (tertiary/aromatic N) is 3. The van der Waals surface area contributed by atoms with Gasteiger partial charge in [0, 0.05) is 17.9 Å². The van der Waals surface area contributed by atoms with E-state index in [1.807, 2.05) is 0 Å². The third-order valence-electron chi connectivity index (χ3n) is 5.43. The zero-order valence-electron chi connectivity index (χ0n) is 16.2. The molecule has 1 fully saturated rings. The summed E-state index contributed by atoms with van der Waals surface area (Å²) in [6.07, 6.45) is -0.821. The molecule has 1 aromatic heterocycles. The van der Waals surface area contributed by atoms with Gasteiger partial charge >= 0.3 is 0 Å². The summed E-state index contributed by atoms with van der Waals surface area (Å²) in [7, 11) is 1.42. The number of Topliss-reactive ketones (excluding diaryl/α,β-unsaturated/α-hetero) is 1. The van der Waals surface area contributed by atoms with Gasteiger partial charge in [-0.25, -0.2) is 28.1 Å². The highest BCUT2D eigenvalue weighted by atomic mass is 19.3. The van der Waals surface area contributed by atoms with E-state index in [9.17, 15) is 13.6 Å². The fourth-order valence-corrected chi connectivity index (χ4v) is 3.88. The maximum absolute atomic E-state index is 15.0. The van der Waals surface area contributed by atoms with Gasteiger partial charge < -0.3 is 15.2 Å². The molecule has 2 aromatic rings. The van der Waals surface area contributed by atoms with Crippen molar-refractivity contribution in [1.82, 2.24) is 9.97 Å². The first-order valence-electron chi connectivity index (χ1n) is 9.25. The van der Waals surface area contributed by atoms with E-state index in [-0.39, 0.29) is 35.1 Å². The van der Waals surface area contributed by atoms with Crippen LogP contribution in [0.2, 0.25) is 0 Å². The number of carbonyl (C=O) groups is 1. The number of benzene rings is 1. The summed E-state index contributed by atoms with van der Waals surface area (Å²) < 4.78 is 53.7. The van der Waals surface area contributed by atoms with Crippen LogP contribution in [0, 0.1) is 18.7 Å². The van der Waals surface area contributed by atoms with Gasteiger partial charge in [0.25, 0.3) is 12.4 Å². The van der Waals surface area contributed by atoms with Crippen LogP contribution < -0.4 is 10.5 Å². The maximum Gasteiger partial charge on any atom is 0.283 e. The molecule has 0 spiro atoms. The summed E-state index contributed by atoms with van der Waals surface area (Å²) in [6, 6.07) is 2.32. The maximum atomic E-state index is 15.0. The highest BCUT2D eigenvalue weighted by molar-refractivity contribution is 5.95. The van der Waals surface area contributed by atoms with Gasteiger partial charge in [-0.2, -0.15) is 0 Å². The lowest BCUT2D eigenvalue weighted by Gasteiger charge is -2.33. The van der Waals surface area contributed by atoms with Crippen molar-refractivity contribution in [3.05, 3.63) is 52.7 Å². The van der Waals surface area contributed by atoms with E-state index < -0.39 is 35.6 Å². The number of carbonyl (C=O) groups excluding carboxylic acids is 1. The molecule has 2 heterocycles. The number of rotatable bonds is 6. The van der Waals surface area contributed by atoms with Gasteiger partial charge in [0.15, 0.2) is 11.3 Å². The van der Waals surface area contributed by atoms with E-state index in [2.05, 4.69) is 15.0 Å². The van der Waals surface area contributed by atoms with Crippen LogP contribution >= 0.6 is 0 Å². The first-order valence-corrected chi connectivity index (χ1v) is 9.25. The minimum Gasteiger partial charge on any atom is -0.480 e. The molecule has 30 heavy (non-hydrogen) atoms.